The largest absolute Gasteiger partial charge is 0.355 e. The van der Waals surface area contributed by atoms with Crippen LogP contribution in [0.15, 0.2) is 588 Å². The van der Waals surface area contributed by atoms with Gasteiger partial charge in [-0.05, 0) is 279 Å². The minimum atomic E-state index is 1.09. The molecule has 0 amide bonds. The van der Waals surface area contributed by atoms with Crippen molar-refractivity contribution < 1.29 is 0 Å². The molecule has 5 nitrogen and oxygen atoms in total. The highest BCUT2D eigenvalue weighted by Gasteiger charge is 2.22. The number of benzene rings is 25. The SMILES string of the molecule is Cc1ccc(-c2ccc(N(c3cccc4ccccc34)c3cccc4ccccc34)cc2)cc1.Cc1ccc(-c2ccc(N(c3ccccc3)c3ccc4ccccc4c3)cc2)cc1.Cc1ccc(-c2ccc(N(c3ccccc3)c3cccc4ccccc34)cc2)cc1.Cc1ccc(-c2ccc(N(c3ccccc3)c3ccccc3)cc2)cc1.Cc1ccc(-c2ccc(Nc3cc4ccccc4c4ccccc34)cc2)cc1. The first kappa shape index (κ1) is 95.3. The normalized spacial score (nSPS) is 10.9. The Morgan fingerprint density at radius 1 is 0.128 bits per heavy atom. The number of fused-ring (bicyclic) bond motifs is 7. The number of nitrogens with one attached hydrogen (secondary N) is 1. The topological polar surface area (TPSA) is 25.0 Å². The molecule has 0 bridgehead atoms. The number of rotatable bonds is 19. The van der Waals surface area contributed by atoms with Crippen LogP contribution in [0.5, 0.6) is 0 Å². The van der Waals surface area contributed by atoms with E-state index >= 15 is 0 Å². The summed E-state index contributed by atoms with van der Waals surface area (Å²) >= 11 is 0. The first-order chi connectivity index (χ1) is 72.9. The summed E-state index contributed by atoms with van der Waals surface area (Å²) in [6.07, 6.45) is 0. The first-order valence-corrected chi connectivity index (χ1v) is 50.8. The first-order valence-electron chi connectivity index (χ1n) is 50.8. The van der Waals surface area contributed by atoms with Crippen LogP contribution in [-0.2, 0) is 0 Å². The molecule has 25 aromatic rings. The Morgan fingerprint density at radius 3 is 0.696 bits per heavy atom. The van der Waals surface area contributed by atoms with Crippen LogP contribution >= 0.6 is 0 Å². The lowest BCUT2D eigenvalue weighted by Gasteiger charge is -2.28. The fourth-order valence-corrected chi connectivity index (χ4v) is 19.6. The van der Waals surface area contributed by atoms with E-state index < -0.39 is 0 Å². The van der Waals surface area contributed by atoms with Crippen molar-refractivity contribution in [3.05, 3.63) is 616 Å². The monoisotopic (exact) mass is 1900 g/mol. The molecule has 0 unspecified atom stereocenters. The fraction of sp³-hybridized carbons (Fsp3) is 0.0350. The highest BCUT2D eigenvalue weighted by atomic mass is 15.2. The van der Waals surface area contributed by atoms with Crippen molar-refractivity contribution in [3.63, 3.8) is 0 Å². The van der Waals surface area contributed by atoms with Crippen LogP contribution in [-0.4, -0.2) is 0 Å². The van der Waals surface area contributed by atoms with Gasteiger partial charge >= 0.3 is 0 Å². The molecule has 25 rings (SSSR count). The summed E-state index contributed by atoms with van der Waals surface area (Å²) in [6, 6.07) is 209. The lowest BCUT2D eigenvalue weighted by molar-refractivity contribution is 1.28. The maximum atomic E-state index is 3.63. The molecular formula is C143H113N5. The van der Waals surface area contributed by atoms with Crippen molar-refractivity contribution in [1.82, 2.24) is 0 Å². The molecule has 0 aromatic heterocycles. The van der Waals surface area contributed by atoms with Gasteiger partial charge in [0.25, 0.3) is 0 Å². The summed E-state index contributed by atoms with van der Waals surface area (Å²) in [5.41, 5.74) is 34.9. The van der Waals surface area contributed by atoms with Crippen molar-refractivity contribution in [2.45, 2.75) is 34.6 Å². The molecule has 0 aliphatic rings. The van der Waals surface area contributed by atoms with Crippen molar-refractivity contribution in [2.24, 2.45) is 0 Å². The third-order valence-electron chi connectivity index (χ3n) is 27.4. The predicted octanol–water partition coefficient (Wildman–Crippen LogP) is 40.9. The lowest BCUT2D eigenvalue weighted by Crippen LogP contribution is -2.11. The smallest absolute Gasteiger partial charge is 0.0540 e. The molecule has 0 fully saturated rings. The van der Waals surface area contributed by atoms with Crippen molar-refractivity contribution in [1.29, 1.82) is 0 Å². The number of hydrogen-bond acceptors (Lipinski definition) is 5. The molecule has 0 heterocycles. The van der Waals surface area contributed by atoms with Gasteiger partial charge in [0.05, 0.1) is 17.1 Å². The van der Waals surface area contributed by atoms with E-state index in [0.717, 1.165) is 62.6 Å². The van der Waals surface area contributed by atoms with Gasteiger partial charge in [-0.25, -0.2) is 0 Å². The number of nitrogens with zero attached hydrogens (tertiary/aromatic N) is 4. The van der Waals surface area contributed by atoms with Gasteiger partial charge in [0.2, 0.25) is 0 Å². The van der Waals surface area contributed by atoms with Crippen LogP contribution in [0.3, 0.4) is 0 Å². The summed E-state index contributed by atoms with van der Waals surface area (Å²) in [5.74, 6) is 0. The van der Waals surface area contributed by atoms with E-state index in [1.165, 1.54) is 165 Å². The van der Waals surface area contributed by atoms with Gasteiger partial charge in [-0.2, -0.15) is 0 Å². The van der Waals surface area contributed by atoms with Gasteiger partial charge in [-0.1, -0.05) is 471 Å². The molecular weight excluding hydrogens is 1790 g/mol. The lowest BCUT2D eigenvalue weighted by atomic mass is 10.00. The molecule has 0 aliphatic heterocycles. The molecule has 0 aliphatic carbocycles. The van der Waals surface area contributed by atoms with Crippen LogP contribution in [0.1, 0.15) is 27.8 Å². The average molecular weight is 1900 g/mol. The van der Waals surface area contributed by atoms with Crippen LogP contribution in [0, 0.1) is 34.6 Å². The summed E-state index contributed by atoms with van der Waals surface area (Å²) in [5, 5.41) is 18.6. The molecule has 0 saturated heterocycles. The zero-order valence-electron chi connectivity index (χ0n) is 83.8. The average Bonchev–Trinajstić information content (AvgIpc) is 0.762. The Hall–Kier alpha value is -18.9. The number of anilines is 14. The van der Waals surface area contributed by atoms with Crippen molar-refractivity contribution >= 4 is 144 Å². The number of aryl methyl sites for hydroxylation is 5. The number of para-hydroxylation sites is 4. The Balaban J connectivity index is 0.000000109. The van der Waals surface area contributed by atoms with Crippen LogP contribution in [0.2, 0.25) is 0 Å². The molecule has 1 N–H and O–H groups in total. The van der Waals surface area contributed by atoms with E-state index in [0.29, 0.717) is 0 Å². The summed E-state index contributed by atoms with van der Waals surface area (Å²) in [6.45, 7) is 10.6. The van der Waals surface area contributed by atoms with E-state index in [4.69, 9.17) is 0 Å². The minimum Gasteiger partial charge on any atom is -0.355 e. The quantitative estimate of drug-likeness (QED) is 0.0814. The highest BCUT2D eigenvalue weighted by Crippen LogP contribution is 2.47. The Kier molecular flexibility index (Phi) is 29.0. The zero-order valence-corrected chi connectivity index (χ0v) is 83.8. The fourth-order valence-electron chi connectivity index (χ4n) is 19.6. The summed E-state index contributed by atoms with van der Waals surface area (Å²) < 4.78 is 0. The van der Waals surface area contributed by atoms with Gasteiger partial charge in [0.15, 0.2) is 0 Å². The second-order valence-electron chi connectivity index (χ2n) is 37.6. The Morgan fingerprint density at radius 2 is 0.351 bits per heavy atom. The minimum absolute atomic E-state index is 1.09. The van der Waals surface area contributed by atoms with Gasteiger partial charge in [0.1, 0.15) is 0 Å². The number of hydrogen-bond donors (Lipinski definition) is 1. The molecule has 5 heteroatoms. The van der Waals surface area contributed by atoms with E-state index in [1.54, 1.807) is 0 Å². The predicted molar refractivity (Wildman–Crippen MR) is 637 cm³/mol. The molecule has 0 atom stereocenters. The Bertz CT molecular complexity index is 8610. The highest BCUT2D eigenvalue weighted by molar-refractivity contribution is 6.14. The summed E-state index contributed by atoms with van der Waals surface area (Å²) in [7, 11) is 0. The molecule has 0 saturated carbocycles. The zero-order chi connectivity index (χ0) is 100. The maximum absolute atomic E-state index is 3.63. The van der Waals surface area contributed by atoms with Gasteiger partial charge in [-0.3, -0.25) is 0 Å². The van der Waals surface area contributed by atoms with Crippen LogP contribution in [0.25, 0.3) is 120 Å². The van der Waals surface area contributed by atoms with E-state index in [2.05, 4.69) is 636 Å². The van der Waals surface area contributed by atoms with Gasteiger partial charge < -0.3 is 24.9 Å². The maximum Gasteiger partial charge on any atom is 0.0540 e. The van der Waals surface area contributed by atoms with Gasteiger partial charge in [0, 0.05) is 84.1 Å². The van der Waals surface area contributed by atoms with Crippen molar-refractivity contribution in [2.75, 3.05) is 24.9 Å². The van der Waals surface area contributed by atoms with Crippen LogP contribution in [0.4, 0.5) is 79.6 Å². The third-order valence-corrected chi connectivity index (χ3v) is 27.4. The van der Waals surface area contributed by atoms with E-state index in [-0.39, 0.29) is 0 Å². The van der Waals surface area contributed by atoms with Crippen LogP contribution < -0.4 is 24.9 Å². The third kappa shape index (κ3) is 22.1. The molecule has 25 aromatic carbocycles. The molecule has 710 valence electrons. The molecule has 0 spiro atoms. The van der Waals surface area contributed by atoms with E-state index in [9.17, 15) is 0 Å². The second kappa shape index (κ2) is 45.1. The summed E-state index contributed by atoms with van der Waals surface area (Å²) in [4.78, 5) is 9.31. The van der Waals surface area contributed by atoms with Crippen molar-refractivity contribution in [3.8, 4) is 55.6 Å². The second-order valence-corrected chi connectivity index (χ2v) is 37.6. The van der Waals surface area contributed by atoms with E-state index in [1.807, 2.05) is 12.1 Å². The molecule has 148 heavy (non-hydrogen) atoms. The standard InChI is InChI=1S/C33H25N.2C29H23N.C27H21N.C25H21N/c1-24-16-18-25(19-17-24)26-20-22-29(23-21-26)34(32-14-6-10-27-8-2-4-12-30(27)32)33-15-7-11-28-9-3-5-13-31(28)33;1-22-14-16-23(17-15-22)24-18-20-27(21-19-24)30(26-10-3-2-4-11-26)29-13-7-9-25-8-5-6-12-28(25)29;1-22-11-13-24(14-12-22)25-15-18-28(19-16-25)30(27-9-3-2-4-10-27)29-20-17-23-7-5-6-8-26(23)21-29;1-19-10-12-20(13-11-19)21-14-16-23(17-15-21)28-27-18-22-6-2-3-7-24(22)25-8-4-5-9-26(25)27;1-20-12-14-21(15-13-20)22-16-18-25(19-17-22)26(23-8-4-2-5-9-23)24-10-6-3-7-11-24/h2-23H,1H3;2*2-21H,1H3;2-18,28H,1H3;2-19H,1H3. The van der Waals surface area contributed by atoms with Gasteiger partial charge in [-0.15, -0.1) is 0 Å². The molecule has 0 radical (unpaired) electrons. The Labute approximate surface area is 869 Å².